The van der Waals surface area contributed by atoms with Gasteiger partial charge in [-0.3, -0.25) is 4.79 Å². The van der Waals surface area contributed by atoms with E-state index in [0.29, 0.717) is 6.42 Å². The number of carbonyl (C=O) groups is 3. The van der Waals surface area contributed by atoms with Gasteiger partial charge in [0.05, 0.1) is 0 Å². The lowest BCUT2D eigenvalue weighted by Gasteiger charge is -2.14. The van der Waals surface area contributed by atoms with Gasteiger partial charge in [0, 0.05) is 6.42 Å². The van der Waals surface area contributed by atoms with Gasteiger partial charge in [-0.25, -0.2) is 14.5 Å². The predicted molar refractivity (Wildman–Crippen MR) is 62.6 cm³/mol. The molecule has 1 fully saturated rings. The number of benzene rings is 1. The Morgan fingerprint density at radius 2 is 1.94 bits per heavy atom. The van der Waals surface area contributed by atoms with Crippen molar-refractivity contribution in [2.45, 2.75) is 25.8 Å². The number of aryl methyl sites for hydroxylation is 1. The van der Waals surface area contributed by atoms with E-state index in [9.17, 15) is 14.4 Å². The highest BCUT2D eigenvalue weighted by Gasteiger charge is 2.41. The fraction of sp³-hybridized carbons (Fsp3) is 0.308. The van der Waals surface area contributed by atoms with E-state index in [1.807, 2.05) is 30.3 Å². The third-order valence-corrected chi connectivity index (χ3v) is 2.85. The van der Waals surface area contributed by atoms with Crippen LogP contribution in [0.1, 0.15) is 18.9 Å². The molecule has 0 saturated carbocycles. The molecule has 0 bridgehead atoms. The lowest BCUT2D eigenvalue weighted by Crippen LogP contribution is -2.38. The molecular weight excluding hydrogens is 234 g/mol. The van der Waals surface area contributed by atoms with Crippen LogP contribution in [0.25, 0.3) is 0 Å². The Balaban J connectivity index is 1.96. The summed E-state index contributed by atoms with van der Waals surface area (Å²) in [6.07, 6.45) is -0.160. The van der Waals surface area contributed by atoms with Crippen molar-refractivity contribution in [3.05, 3.63) is 35.9 Å². The zero-order valence-electron chi connectivity index (χ0n) is 9.96. The van der Waals surface area contributed by atoms with Crippen LogP contribution in [0.2, 0.25) is 0 Å². The van der Waals surface area contributed by atoms with Crippen LogP contribution >= 0.6 is 0 Å². The van der Waals surface area contributed by atoms with Crippen LogP contribution in [0, 0.1) is 0 Å². The van der Waals surface area contributed by atoms with E-state index < -0.39 is 18.1 Å². The van der Waals surface area contributed by atoms with Crippen LogP contribution < -0.4 is 0 Å². The van der Waals surface area contributed by atoms with Gasteiger partial charge in [-0.05, 0) is 18.9 Å². The van der Waals surface area contributed by atoms with Gasteiger partial charge in [-0.1, -0.05) is 30.3 Å². The summed E-state index contributed by atoms with van der Waals surface area (Å²) in [5.41, 5.74) is 1.01. The molecule has 1 saturated heterocycles. The molecule has 0 aliphatic carbocycles. The topological polar surface area (TPSA) is 63.7 Å². The molecule has 0 N–H and O–H groups in total. The van der Waals surface area contributed by atoms with Gasteiger partial charge in [0.15, 0.2) is 0 Å². The maximum absolute atomic E-state index is 11.9. The average molecular weight is 247 g/mol. The molecule has 5 nitrogen and oxygen atoms in total. The standard InChI is InChI=1S/C13H13NO4/c1-9-12(16)18-13(17)14(9)11(15)8-7-10-5-3-2-4-6-10/h2-6,9H,7-8H2,1H3. The molecule has 1 unspecified atom stereocenters. The first-order valence-electron chi connectivity index (χ1n) is 5.71. The zero-order valence-corrected chi connectivity index (χ0v) is 9.96. The minimum atomic E-state index is -0.870. The van der Waals surface area contributed by atoms with E-state index >= 15 is 0 Å². The number of cyclic esters (lactones) is 2. The largest absolute Gasteiger partial charge is 0.425 e. The second kappa shape index (κ2) is 5.00. The van der Waals surface area contributed by atoms with Gasteiger partial charge in [-0.15, -0.1) is 0 Å². The van der Waals surface area contributed by atoms with Crippen LogP contribution in [0.3, 0.4) is 0 Å². The van der Waals surface area contributed by atoms with Gasteiger partial charge in [-0.2, -0.15) is 0 Å². The van der Waals surface area contributed by atoms with Crippen LogP contribution in [0.15, 0.2) is 30.3 Å². The first-order valence-corrected chi connectivity index (χ1v) is 5.71. The smallest absolute Gasteiger partial charge is 0.374 e. The molecular formula is C13H13NO4. The SMILES string of the molecule is CC1C(=O)OC(=O)N1C(=O)CCc1ccccc1. The van der Waals surface area contributed by atoms with Crippen molar-refractivity contribution in [1.29, 1.82) is 0 Å². The van der Waals surface area contributed by atoms with Crippen LogP contribution in [0.4, 0.5) is 4.79 Å². The molecule has 94 valence electrons. The zero-order chi connectivity index (χ0) is 13.1. The first-order chi connectivity index (χ1) is 8.59. The van der Waals surface area contributed by atoms with Crippen molar-refractivity contribution in [1.82, 2.24) is 4.90 Å². The summed E-state index contributed by atoms with van der Waals surface area (Å²) in [6.45, 7) is 1.48. The van der Waals surface area contributed by atoms with E-state index in [1.165, 1.54) is 6.92 Å². The van der Waals surface area contributed by atoms with Crippen molar-refractivity contribution < 1.29 is 19.1 Å². The van der Waals surface area contributed by atoms with Gasteiger partial charge in [0.1, 0.15) is 6.04 Å². The third-order valence-electron chi connectivity index (χ3n) is 2.85. The lowest BCUT2D eigenvalue weighted by atomic mass is 10.1. The summed E-state index contributed by atoms with van der Waals surface area (Å²) in [5.74, 6) is -1.06. The number of amides is 2. The fourth-order valence-corrected chi connectivity index (χ4v) is 1.82. The number of hydrogen-bond donors (Lipinski definition) is 0. The van der Waals surface area contributed by atoms with Crippen LogP contribution in [-0.2, 0) is 20.7 Å². The summed E-state index contributed by atoms with van der Waals surface area (Å²) in [6, 6.07) is 8.66. The molecule has 1 heterocycles. The van der Waals surface area contributed by atoms with Gasteiger partial charge in [0.25, 0.3) is 0 Å². The van der Waals surface area contributed by atoms with Crippen molar-refractivity contribution in [2.75, 3.05) is 0 Å². The number of carbonyl (C=O) groups excluding carboxylic acids is 3. The van der Waals surface area contributed by atoms with Crippen LogP contribution in [0.5, 0.6) is 0 Å². The Hall–Kier alpha value is -2.17. The molecule has 18 heavy (non-hydrogen) atoms. The highest BCUT2D eigenvalue weighted by Crippen LogP contribution is 2.15. The van der Waals surface area contributed by atoms with Crippen molar-refractivity contribution in [3.8, 4) is 0 Å². The van der Waals surface area contributed by atoms with Gasteiger partial charge < -0.3 is 4.74 Å². The quantitative estimate of drug-likeness (QED) is 0.600. The Kier molecular flexibility index (Phi) is 3.41. The molecule has 2 amide bonds. The third kappa shape index (κ3) is 2.40. The van der Waals surface area contributed by atoms with E-state index in [0.717, 1.165) is 10.5 Å². The molecule has 1 aromatic rings. The molecule has 0 aromatic heterocycles. The Morgan fingerprint density at radius 1 is 1.28 bits per heavy atom. The number of ether oxygens (including phenoxy) is 1. The number of hydrogen-bond acceptors (Lipinski definition) is 4. The van der Waals surface area contributed by atoms with E-state index in [4.69, 9.17) is 0 Å². The lowest BCUT2D eigenvalue weighted by molar-refractivity contribution is -0.137. The number of esters is 1. The Bertz CT molecular complexity index is 483. The molecule has 1 aliphatic rings. The number of rotatable bonds is 3. The molecule has 1 atom stereocenters. The summed E-state index contributed by atoms with van der Waals surface area (Å²) in [4.78, 5) is 35.2. The van der Waals surface area contributed by atoms with Gasteiger partial charge >= 0.3 is 12.1 Å². The monoisotopic (exact) mass is 247 g/mol. The summed E-state index contributed by atoms with van der Waals surface area (Å²) in [5, 5.41) is 0. The molecule has 0 spiro atoms. The van der Waals surface area contributed by atoms with E-state index in [-0.39, 0.29) is 12.3 Å². The summed E-state index contributed by atoms with van der Waals surface area (Å²) in [7, 11) is 0. The average Bonchev–Trinajstić information content (AvgIpc) is 2.62. The maximum Gasteiger partial charge on any atom is 0.425 e. The molecule has 1 aromatic carbocycles. The van der Waals surface area contributed by atoms with Crippen molar-refractivity contribution in [2.24, 2.45) is 0 Å². The second-order valence-electron chi connectivity index (χ2n) is 4.11. The normalized spacial score (nSPS) is 18.9. The predicted octanol–water partition coefficient (Wildman–Crippen LogP) is 1.51. The Labute approximate surface area is 104 Å². The minimum absolute atomic E-state index is 0.177. The first kappa shape index (κ1) is 12.3. The highest BCUT2D eigenvalue weighted by atomic mass is 16.6. The maximum atomic E-state index is 11.9. The highest BCUT2D eigenvalue weighted by molar-refractivity contribution is 6.05. The molecule has 5 heteroatoms. The van der Waals surface area contributed by atoms with Crippen molar-refractivity contribution >= 4 is 18.0 Å². The van der Waals surface area contributed by atoms with Gasteiger partial charge in [0.2, 0.25) is 5.91 Å². The van der Waals surface area contributed by atoms with Crippen molar-refractivity contribution in [3.63, 3.8) is 0 Å². The molecule has 2 rings (SSSR count). The summed E-state index contributed by atoms with van der Waals surface area (Å²) >= 11 is 0. The Morgan fingerprint density at radius 3 is 2.50 bits per heavy atom. The number of nitrogens with zero attached hydrogens (tertiary/aromatic N) is 1. The van der Waals surface area contributed by atoms with E-state index in [1.54, 1.807) is 0 Å². The fourth-order valence-electron chi connectivity index (χ4n) is 1.82. The minimum Gasteiger partial charge on any atom is -0.374 e. The molecule has 0 radical (unpaired) electrons. The van der Waals surface area contributed by atoms with Crippen LogP contribution in [-0.4, -0.2) is 28.9 Å². The molecule has 1 aliphatic heterocycles. The summed E-state index contributed by atoms with van der Waals surface area (Å²) < 4.78 is 4.39. The van der Waals surface area contributed by atoms with E-state index in [2.05, 4.69) is 4.74 Å². The second-order valence-corrected chi connectivity index (χ2v) is 4.11. The number of imide groups is 1.